The Morgan fingerprint density at radius 2 is 1.73 bits per heavy atom. The first kappa shape index (κ1) is 21.4. The van der Waals surface area contributed by atoms with Gasteiger partial charge in [-0.3, -0.25) is 4.79 Å². The highest BCUT2D eigenvalue weighted by molar-refractivity contribution is 7.91. The molecule has 0 spiro atoms. The van der Waals surface area contributed by atoms with Gasteiger partial charge >= 0.3 is 0 Å². The second-order valence-corrected chi connectivity index (χ2v) is 8.83. The number of ether oxygens (including phenoxy) is 1. The van der Waals surface area contributed by atoms with E-state index in [1.807, 2.05) is 6.92 Å². The number of rotatable bonds is 8. The van der Waals surface area contributed by atoms with Crippen molar-refractivity contribution in [2.45, 2.75) is 24.8 Å². The lowest BCUT2D eigenvalue weighted by Gasteiger charge is -2.08. The standard InChI is InChI=1S/C22H21FN2O4S/c1-16-2-9-20(10-3-16)30(27,28)13-12-21(26)24-14-17-4-11-22(25-15-17)29-19-7-5-18(23)6-8-19/h2-11,15H,12-14H2,1H3,(H,24,26). The van der Waals surface area contributed by atoms with E-state index in [1.54, 1.807) is 42.6 Å². The van der Waals surface area contributed by atoms with Crippen molar-refractivity contribution < 1.29 is 22.3 Å². The Hall–Kier alpha value is -3.26. The van der Waals surface area contributed by atoms with Crippen molar-refractivity contribution in [2.75, 3.05) is 5.75 Å². The number of sulfone groups is 1. The molecule has 2 aromatic carbocycles. The molecular formula is C22H21FN2O4S. The summed E-state index contributed by atoms with van der Waals surface area (Å²) < 4.78 is 43.0. The molecule has 0 aliphatic heterocycles. The van der Waals surface area contributed by atoms with Crippen molar-refractivity contribution >= 4 is 15.7 Å². The first-order chi connectivity index (χ1) is 14.3. The third-order valence-corrected chi connectivity index (χ3v) is 6.03. The summed E-state index contributed by atoms with van der Waals surface area (Å²) in [5, 5.41) is 2.68. The van der Waals surface area contributed by atoms with Crippen molar-refractivity contribution in [3.05, 3.63) is 83.8 Å². The van der Waals surface area contributed by atoms with Crippen molar-refractivity contribution in [1.82, 2.24) is 10.3 Å². The lowest BCUT2D eigenvalue weighted by molar-refractivity contribution is -0.120. The molecule has 1 amide bonds. The number of aromatic nitrogens is 1. The van der Waals surface area contributed by atoms with Crippen LogP contribution >= 0.6 is 0 Å². The molecule has 156 valence electrons. The maximum atomic E-state index is 12.9. The minimum Gasteiger partial charge on any atom is -0.439 e. The molecule has 0 radical (unpaired) electrons. The zero-order chi connectivity index (χ0) is 21.6. The van der Waals surface area contributed by atoms with Gasteiger partial charge in [0.05, 0.1) is 10.6 Å². The van der Waals surface area contributed by atoms with Gasteiger partial charge in [0.2, 0.25) is 11.8 Å². The lowest BCUT2D eigenvalue weighted by Crippen LogP contribution is -2.25. The summed E-state index contributed by atoms with van der Waals surface area (Å²) in [6, 6.07) is 15.5. The third-order valence-electron chi connectivity index (χ3n) is 4.30. The maximum Gasteiger partial charge on any atom is 0.221 e. The van der Waals surface area contributed by atoms with Gasteiger partial charge < -0.3 is 10.1 Å². The van der Waals surface area contributed by atoms with Gasteiger partial charge in [-0.1, -0.05) is 23.8 Å². The van der Waals surface area contributed by atoms with E-state index in [4.69, 9.17) is 4.74 Å². The number of pyridine rings is 1. The second kappa shape index (κ2) is 9.49. The molecule has 30 heavy (non-hydrogen) atoms. The fraction of sp³-hybridized carbons (Fsp3) is 0.182. The molecule has 8 heteroatoms. The molecule has 0 saturated heterocycles. The van der Waals surface area contributed by atoms with E-state index < -0.39 is 9.84 Å². The van der Waals surface area contributed by atoms with Crippen LogP contribution in [0.5, 0.6) is 11.6 Å². The number of carbonyl (C=O) groups is 1. The molecule has 0 aliphatic rings. The molecule has 0 aliphatic carbocycles. The fourth-order valence-corrected chi connectivity index (χ4v) is 3.82. The summed E-state index contributed by atoms with van der Waals surface area (Å²) >= 11 is 0. The number of hydrogen-bond acceptors (Lipinski definition) is 5. The van der Waals surface area contributed by atoms with Crippen molar-refractivity contribution in [2.24, 2.45) is 0 Å². The summed E-state index contributed by atoms with van der Waals surface area (Å²) in [4.78, 5) is 16.4. The summed E-state index contributed by atoms with van der Waals surface area (Å²) in [5.41, 5.74) is 1.70. The Balaban J connectivity index is 1.47. The molecule has 0 saturated carbocycles. The molecule has 3 rings (SSSR count). The van der Waals surface area contributed by atoms with Crippen LogP contribution in [-0.2, 0) is 21.2 Å². The van der Waals surface area contributed by atoms with Crippen LogP contribution in [-0.4, -0.2) is 25.1 Å². The van der Waals surface area contributed by atoms with E-state index in [9.17, 15) is 17.6 Å². The molecule has 0 atom stereocenters. The zero-order valence-electron chi connectivity index (χ0n) is 16.3. The molecule has 1 heterocycles. The first-order valence-corrected chi connectivity index (χ1v) is 10.9. The van der Waals surface area contributed by atoms with Gasteiger partial charge in [-0.25, -0.2) is 17.8 Å². The number of halogens is 1. The Morgan fingerprint density at radius 1 is 1.03 bits per heavy atom. The normalized spacial score (nSPS) is 11.1. The number of aryl methyl sites for hydroxylation is 1. The Bertz CT molecular complexity index is 1100. The average Bonchev–Trinajstić information content (AvgIpc) is 2.74. The SMILES string of the molecule is Cc1ccc(S(=O)(=O)CCC(=O)NCc2ccc(Oc3ccc(F)cc3)nc2)cc1. The van der Waals surface area contributed by atoms with Crippen LogP contribution in [0, 0.1) is 12.7 Å². The molecule has 6 nitrogen and oxygen atoms in total. The number of nitrogens with one attached hydrogen (secondary N) is 1. The van der Waals surface area contributed by atoms with E-state index in [2.05, 4.69) is 10.3 Å². The van der Waals surface area contributed by atoms with Crippen LogP contribution in [0.3, 0.4) is 0 Å². The lowest BCUT2D eigenvalue weighted by atomic mass is 10.2. The molecule has 1 N–H and O–H groups in total. The monoisotopic (exact) mass is 428 g/mol. The number of nitrogens with zero attached hydrogens (tertiary/aromatic N) is 1. The number of amides is 1. The summed E-state index contributed by atoms with van der Waals surface area (Å²) in [6.07, 6.45) is 1.41. The summed E-state index contributed by atoms with van der Waals surface area (Å²) in [5.74, 6) is -0.184. The Kier molecular flexibility index (Phi) is 6.79. The molecule has 3 aromatic rings. The van der Waals surface area contributed by atoms with Gasteiger partial charge in [0.25, 0.3) is 0 Å². The van der Waals surface area contributed by atoms with Gasteiger partial charge in [0.15, 0.2) is 9.84 Å². The number of hydrogen-bond donors (Lipinski definition) is 1. The van der Waals surface area contributed by atoms with Gasteiger partial charge in [-0.05, 0) is 48.9 Å². The highest BCUT2D eigenvalue weighted by Crippen LogP contribution is 2.19. The van der Waals surface area contributed by atoms with Crippen LogP contribution in [0.15, 0.2) is 71.8 Å². The predicted octanol–water partition coefficient (Wildman–Crippen LogP) is 3.80. The molecule has 1 aromatic heterocycles. The van der Waals surface area contributed by atoms with Gasteiger partial charge in [0, 0.05) is 25.2 Å². The van der Waals surface area contributed by atoms with Crippen LogP contribution in [0.25, 0.3) is 0 Å². The molecule has 0 unspecified atom stereocenters. The second-order valence-electron chi connectivity index (χ2n) is 6.72. The van der Waals surface area contributed by atoms with Crippen LogP contribution in [0.2, 0.25) is 0 Å². The van der Waals surface area contributed by atoms with E-state index in [0.717, 1.165) is 11.1 Å². The number of benzene rings is 2. The average molecular weight is 428 g/mol. The van der Waals surface area contributed by atoms with E-state index >= 15 is 0 Å². The number of carbonyl (C=O) groups excluding carboxylic acids is 1. The quantitative estimate of drug-likeness (QED) is 0.590. The summed E-state index contributed by atoms with van der Waals surface area (Å²) in [7, 11) is -3.51. The minimum atomic E-state index is -3.51. The molecular weight excluding hydrogens is 407 g/mol. The maximum absolute atomic E-state index is 12.9. The Labute approximate surface area is 174 Å². The van der Waals surface area contributed by atoms with E-state index in [-0.39, 0.29) is 35.3 Å². The van der Waals surface area contributed by atoms with Crippen LogP contribution in [0.1, 0.15) is 17.5 Å². The molecule has 0 bridgehead atoms. The van der Waals surface area contributed by atoms with Crippen molar-refractivity contribution in [1.29, 1.82) is 0 Å². The van der Waals surface area contributed by atoms with Gasteiger partial charge in [-0.2, -0.15) is 0 Å². The predicted molar refractivity (Wildman–Crippen MR) is 110 cm³/mol. The summed E-state index contributed by atoms with van der Waals surface area (Å²) in [6.45, 7) is 2.09. The van der Waals surface area contributed by atoms with Gasteiger partial charge in [0.1, 0.15) is 11.6 Å². The minimum absolute atomic E-state index is 0.130. The zero-order valence-corrected chi connectivity index (χ0v) is 17.2. The largest absolute Gasteiger partial charge is 0.439 e. The highest BCUT2D eigenvalue weighted by Gasteiger charge is 2.16. The van der Waals surface area contributed by atoms with Crippen molar-refractivity contribution in [3.8, 4) is 11.6 Å². The van der Waals surface area contributed by atoms with E-state index in [1.165, 1.54) is 24.3 Å². The van der Waals surface area contributed by atoms with E-state index in [0.29, 0.717) is 11.6 Å². The highest BCUT2D eigenvalue weighted by atomic mass is 32.2. The first-order valence-electron chi connectivity index (χ1n) is 9.26. The topological polar surface area (TPSA) is 85.4 Å². The van der Waals surface area contributed by atoms with Crippen LogP contribution < -0.4 is 10.1 Å². The Morgan fingerprint density at radius 3 is 2.37 bits per heavy atom. The fourth-order valence-electron chi connectivity index (χ4n) is 2.58. The smallest absolute Gasteiger partial charge is 0.221 e. The van der Waals surface area contributed by atoms with Crippen molar-refractivity contribution in [3.63, 3.8) is 0 Å². The van der Waals surface area contributed by atoms with Crippen LogP contribution in [0.4, 0.5) is 4.39 Å². The van der Waals surface area contributed by atoms with Gasteiger partial charge in [-0.15, -0.1) is 0 Å². The molecule has 0 fully saturated rings. The third kappa shape index (κ3) is 6.12.